The summed E-state index contributed by atoms with van der Waals surface area (Å²) >= 11 is 1.80. The van der Waals surface area contributed by atoms with Crippen LogP contribution in [0.1, 0.15) is 12.0 Å². The monoisotopic (exact) mass is 242 g/mol. The third-order valence-corrected chi connectivity index (χ3v) is 4.67. The van der Waals surface area contributed by atoms with Crippen LogP contribution in [0.25, 0.3) is 0 Å². The van der Waals surface area contributed by atoms with Gasteiger partial charge in [0.25, 0.3) is 0 Å². The summed E-state index contributed by atoms with van der Waals surface area (Å²) in [5.41, 5.74) is 2.55. The Morgan fingerprint density at radius 3 is 3.18 bits per heavy atom. The zero-order valence-corrected chi connectivity index (χ0v) is 10.6. The molecular formula is C14H14N2S. The van der Waals surface area contributed by atoms with Crippen LogP contribution in [-0.2, 0) is 6.54 Å². The Labute approximate surface area is 105 Å². The van der Waals surface area contributed by atoms with Crippen LogP contribution < -0.4 is 0 Å². The molecule has 0 spiro atoms. The maximum Gasteiger partial charge on any atom is 0.113 e. The summed E-state index contributed by atoms with van der Waals surface area (Å²) in [6, 6.07) is 7.23. The van der Waals surface area contributed by atoms with Gasteiger partial charge in [-0.15, -0.1) is 11.8 Å². The average Bonchev–Trinajstić information content (AvgIpc) is 2.97. The van der Waals surface area contributed by atoms with Crippen molar-refractivity contribution in [2.24, 2.45) is 10.9 Å². The quantitative estimate of drug-likeness (QED) is 0.555. The lowest BCUT2D eigenvalue weighted by molar-refractivity contribution is 0.377. The summed E-state index contributed by atoms with van der Waals surface area (Å²) in [5, 5.41) is 0. The van der Waals surface area contributed by atoms with Crippen LogP contribution in [-0.4, -0.2) is 23.0 Å². The van der Waals surface area contributed by atoms with E-state index in [0.29, 0.717) is 12.0 Å². The molecule has 1 saturated heterocycles. The summed E-state index contributed by atoms with van der Waals surface area (Å²) in [4.78, 5) is 8.65. The second-order valence-corrected chi connectivity index (χ2v) is 5.77. The van der Waals surface area contributed by atoms with Gasteiger partial charge in [0.1, 0.15) is 5.84 Å². The topological polar surface area (TPSA) is 15.6 Å². The van der Waals surface area contributed by atoms with Gasteiger partial charge in [0.05, 0.1) is 5.69 Å². The third-order valence-electron chi connectivity index (χ3n) is 3.95. The molecule has 86 valence electrons. The van der Waals surface area contributed by atoms with E-state index in [9.17, 15) is 0 Å². The molecule has 2 bridgehead atoms. The third kappa shape index (κ3) is 1.32. The maximum atomic E-state index is 4.85. The standard InChI is InChI=1S/C14H14N2S/c1-17-12-4-5-13-10(7-12)8-16-11-3-2-9(6-11)14(16)15-13/h2-5,7,9,11H,6,8H2,1H3. The molecule has 2 aliphatic heterocycles. The van der Waals surface area contributed by atoms with Crippen LogP contribution in [0.4, 0.5) is 5.69 Å². The van der Waals surface area contributed by atoms with Crippen LogP contribution in [0.15, 0.2) is 40.2 Å². The second-order valence-electron chi connectivity index (χ2n) is 4.89. The number of amidine groups is 1. The zero-order chi connectivity index (χ0) is 11.4. The van der Waals surface area contributed by atoms with Crippen molar-refractivity contribution in [2.75, 3.05) is 6.26 Å². The molecule has 0 aromatic heterocycles. The smallest absolute Gasteiger partial charge is 0.113 e. The van der Waals surface area contributed by atoms with E-state index in [1.54, 1.807) is 11.8 Å². The van der Waals surface area contributed by atoms with Crippen molar-refractivity contribution in [3.63, 3.8) is 0 Å². The molecule has 1 fully saturated rings. The molecule has 17 heavy (non-hydrogen) atoms. The van der Waals surface area contributed by atoms with Crippen LogP contribution >= 0.6 is 11.8 Å². The molecule has 2 heterocycles. The van der Waals surface area contributed by atoms with E-state index in [1.165, 1.54) is 28.4 Å². The number of hydrogen-bond acceptors (Lipinski definition) is 3. The lowest BCUT2D eigenvalue weighted by Crippen LogP contribution is -2.36. The summed E-state index contributed by atoms with van der Waals surface area (Å²) in [5.74, 6) is 1.87. The van der Waals surface area contributed by atoms with E-state index < -0.39 is 0 Å². The number of nitrogens with zero attached hydrogens (tertiary/aromatic N) is 2. The van der Waals surface area contributed by atoms with Crippen LogP contribution in [0.2, 0.25) is 0 Å². The Bertz CT molecular complexity index is 547. The largest absolute Gasteiger partial charge is 0.349 e. The van der Waals surface area contributed by atoms with Gasteiger partial charge >= 0.3 is 0 Å². The number of thioether (sulfide) groups is 1. The van der Waals surface area contributed by atoms with E-state index in [2.05, 4.69) is 41.5 Å². The van der Waals surface area contributed by atoms with Crippen molar-refractivity contribution in [1.29, 1.82) is 0 Å². The molecule has 0 saturated carbocycles. The molecule has 3 aliphatic rings. The molecule has 0 amide bonds. The summed E-state index contributed by atoms with van der Waals surface area (Å²) < 4.78 is 0. The minimum atomic E-state index is 0.577. The number of benzene rings is 1. The first-order valence-corrected chi connectivity index (χ1v) is 7.28. The molecule has 1 aromatic carbocycles. The zero-order valence-electron chi connectivity index (χ0n) is 9.76. The van der Waals surface area contributed by atoms with Crippen LogP contribution in [0.3, 0.4) is 0 Å². The predicted molar refractivity (Wildman–Crippen MR) is 71.9 cm³/mol. The molecule has 1 aliphatic carbocycles. The van der Waals surface area contributed by atoms with Crippen molar-refractivity contribution in [1.82, 2.24) is 4.90 Å². The van der Waals surface area contributed by atoms with Gasteiger partial charge < -0.3 is 4.90 Å². The van der Waals surface area contributed by atoms with Gasteiger partial charge in [0.2, 0.25) is 0 Å². The summed E-state index contributed by atoms with van der Waals surface area (Å²) in [6.45, 7) is 1.04. The molecule has 2 unspecified atom stereocenters. The molecule has 0 N–H and O–H groups in total. The highest BCUT2D eigenvalue weighted by Crippen LogP contribution is 2.41. The Hall–Kier alpha value is -1.22. The molecule has 0 radical (unpaired) electrons. The van der Waals surface area contributed by atoms with Gasteiger partial charge in [-0.25, -0.2) is 4.99 Å². The fourth-order valence-electron chi connectivity index (χ4n) is 3.06. The van der Waals surface area contributed by atoms with Gasteiger partial charge in [0.15, 0.2) is 0 Å². The van der Waals surface area contributed by atoms with Gasteiger partial charge in [-0.2, -0.15) is 0 Å². The van der Waals surface area contributed by atoms with Crippen molar-refractivity contribution >= 4 is 23.3 Å². The second kappa shape index (κ2) is 3.39. The van der Waals surface area contributed by atoms with E-state index in [1.807, 2.05) is 0 Å². The average molecular weight is 242 g/mol. The highest BCUT2D eigenvalue weighted by Gasteiger charge is 2.40. The Kier molecular flexibility index (Phi) is 1.95. The lowest BCUT2D eigenvalue weighted by atomic mass is 10.1. The predicted octanol–water partition coefficient (Wildman–Crippen LogP) is 3.21. The number of hydrogen-bond donors (Lipinski definition) is 0. The molecule has 4 rings (SSSR count). The first-order valence-electron chi connectivity index (χ1n) is 6.05. The molecule has 3 heteroatoms. The maximum absolute atomic E-state index is 4.85. The highest BCUT2D eigenvalue weighted by atomic mass is 32.2. The normalized spacial score (nSPS) is 28.1. The van der Waals surface area contributed by atoms with Crippen molar-refractivity contribution in [3.05, 3.63) is 35.9 Å². The minimum absolute atomic E-state index is 0.577. The molecule has 2 atom stereocenters. The van der Waals surface area contributed by atoms with E-state index >= 15 is 0 Å². The van der Waals surface area contributed by atoms with Crippen molar-refractivity contribution in [2.45, 2.75) is 23.9 Å². The van der Waals surface area contributed by atoms with Gasteiger partial charge in [0, 0.05) is 23.4 Å². The van der Waals surface area contributed by atoms with Crippen LogP contribution in [0.5, 0.6) is 0 Å². The number of aliphatic imine (C=N–C) groups is 1. The van der Waals surface area contributed by atoms with Crippen molar-refractivity contribution in [3.8, 4) is 0 Å². The first kappa shape index (κ1) is 9.77. The fraction of sp³-hybridized carbons (Fsp3) is 0.357. The fourth-order valence-corrected chi connectivity index (χ4v) is 3.53. The Balaban J connectivity index is 1.81. The Morgan fingerprint density at radius 2 is 2.29 bits per heavy atom. The molecule has 1 aromatic rings. The SMILES string of the molecule is CSc1ccc2c(c1)CN1C(=N2)C2C=CC1C2. The first-order chi connectivity index (χ1) is 8.35. The van der Waals surface area contributed by atoms with Gasteiger partial charge in [-0.05, 0) is 36.4 Å². The van der Waals surface area contributed by atoms with Crippen LogP contribution in [0, 0.1) is 5.92 Å². The van der Waals surface area contributed by atoms with Gasteiger partial charge in [-0.1, -0.05) is 12.2 Å². The van der Waals surface area contributed by atoms with E-state index in [-0.39, 0.29) is 0 Å². The molecule has 2 nitrogen and oxygen atoms in total. The van der Waals surface area contributed by atoms with Gasteiger partial charge in [-0.3, -0.25) is 0 Å². The van der Waals surface area contributed by atoms with E-state index in [4.69, 9.17) is 4.99 Å². The molecular weight excluding hydrogens is 228 g/mol. The van der Waals surface area contributed by atoms with E-state index in [0.717, 1.165) is 6.54 Å². The summed E-state index contributed by atoms with van der Waals surface area (Å²) in [6.07, 6.45) is 8.02. The number of fused-ring (bicyclic) bond motifs is 6. The minimum Gasteiger partial charge on any atom is -0.349 e. The lowest BCUT2D eigenvalue weighted by Gasteiger charge is -2.31. The highest BCUT2D eigenvalue weighted by molar-refractivity contribution is 7.98. The summed E-state index contributed by atoms with van der Waals surface area (Å²) in [7, 11) is 0. The number of rotatable bonds is 1. The van der Waals surface area contributed by atoms with Crippen molar-refractivity contribution < 1.29 is 0 Å². The Morgan fingerprint density at radius 1 is 1.35 bits per heavy atom.